The molecule has 4 heteroatoms. The largest absolute Gasteiger partial charge is 0.483 e. The number of amides is 1. The van der Waals surface area contributed by atoms with Crippen molar-refractivity contribution in [3.8, 4) is 5.75 Å². The van der Waals surface area contributed by atoms with Crippen LogP contribution in [0, 0.1) is 0 Å². The van der Waals surface area contributed by atoms with Gasteiger partial charge in [-0.15, -0.1) is 0 Å². The van der Waals surface area contributed by atoms with Crippen molar-refractivity contribution < 1.29 is 14.3 Å². The summed E-state index contributed by atoms with van der Waals surface area (Å²) in [6.07, 6.45) is 1.29. The molecule has 0 bridgehead atoms. The van der Waals surface area contributed by atoms with Gasteiger partial charge in [-0.05, 0) is 25.5 Å². The van der Waals surface area contributed by atoms with E-state index in [1.54, 1.807) is 31.2 Å². The summed E-state index contributed by atoms with van der Waals surface area (Å²) in [7, 11) is 0. The van der Waals surface area contributed by atoms with Crippen LogP contribution in [0.1, 0.15) is 44.0 Å². The number of ether oxygens (including phenoxy) is 1. The Morgan fingerprint density at radius 1 is 1.26 bits per heavy atom. The van der Waals surface area contributed by atoms with Gasteiger partial charge >= 0.3 is 0 Å². The maximum Gasteiger partial charge on any atom is 0.258 e. The van der Waals surface area contributed by atoms with Crippen LogP contribution in [-0.2, 0) is 4.79 Å². The molecule has 0 spiro atoms. The Hall–Kier alpha value is -1.84. The Labute approximate surface area is 114 Å². The number of Topliss-reactive ketones (excluding diaryl/α,β-unsaturated/α-hetero) is 1. The van der Waals surface area contributed by atoms with E-state index in [0.29, 0.717) is 17.7 Å². The number of benzene rings is 1. The van der Waals surface area contributed by atoms with Crippen molar-refractivity contribution in [2.45, 2.75) is 39.7 Å². The molecule has 0 saturated carbocycles. The summed E-state index contributed by atoms with van der Waals surface area (Å²) in [6, 6.07) is 7.12. The maximum atomic E-state index is 11.7. The Bertz CT molecular complexity index is 443. The van der Waals surface area contributed by atoms with Crippen LogP contribution in [0.3, 0.4) is 0 Å². The molecular weight excluding hydrogens is 242 g/mol. The van der Waals surface area contributed by atoms with Gasteiger partial charge in [0.2, 0.25) is 0 Å². The molecule has 1 amide bonds. The highest BCUT2D eigenvalue weighted by Crippen LogP contribution is 2.19. The summed E-state index contributed by atoms with van der Waals surface area (Å²) in [5.74, 6) is 0.305. The third-order valence-electron chi connectivity index (χ3n) is 2.89. The molecule has 4 nitrogen and oxygen atoms in total. The van der Waals surface area contributed by atoms with E-state index >= 15 is 0 Å². The lowest BCUT2D eigenvalue weighted by atomic mass is 10.1. The highest BCUT2D eigenvalue weighted by atomic mass is 16.5. The molecule has 0 fully saturated rings. The van der Waals surface area contributed by atoms with Gasteiger partial charge in [0.1, 0.15) is 5.75 Å². The van der Waals surface area contributed by atoms with Crippen LogP contribution < -0.4 is 10.1 Å². The molecule has 1 N–H and O–H groups in total. The number of carbonyl (C=O) groups excluding carboxylic acids is 2. The Balaban J connectivity index is 2.63. The first kappa shape index (κ1) is 15.2. The predicted molar refractivity (Wildman–Crippen MR) is 74.5 cm³/mol. The molecule has 1 aromatic carbocycles. The summed E-state index contributed by atoms with van der Waals surface area (Å²) in [4.78, 5) is 23.3. The number of nitrogens with one attached hydrogen (secondary N) is 1. The van der Waals surface area contributed by atoms with Gasteiger partial charge in [0, 0.05) is 12.5 Å². The Morgan fingerprint density at radius 3 is 2.58 bits per heavy atom. The molecule has 0 aliphatic rings. The van der Waals surface area contributed by atoms with Crippen molar-refractivity contribution >= 4 is 11.7 Å². The standard InChI is InChI=1S/C15H21NO3/c1-4-11(3)16-15(18)10-19-14-9-7-6-8-12(14)13(17)5-2/h6-9,11H,4-5,10H2,1-3H3,(H,16,18). The second-order valence-electron chi connectivity index (χ2n) is 4.44. The zero-order valence-electron chi connectivity index (χ0n) is 11.7. The van der Waals surface area contributed by atoms with Crippen molar-refractivity contribution in [2.75, 3.05) is 6.61 Å². The van der Waals surface area contributed by atoms with Crippen LogP contribution in [0.25, 0.3) is 0 Å². The average molecular weight is 263 g/mol. The molecule has 1 aromatic rings. The quantitative estimate of drug-likeness (QED) is 0.769. The normalized spacial score (nSPS) is 11.7. The van der Waals surface area contributed by atoms with Crippen LogP contribution in [-0.4, -0.2) is 24.3 Å². The fraction of sp³-hybridized carbons (Fsp3) is 0.467. The molecule has 104 valence electrons. The van der Waals surface area contributed by atoms with Crippen LogP contribution in [0.15, 0.2) is 24.3 Å². The van der Waals surface area contributed by atoms with Crippen molar-refractivity contribution in [3.63, 3.8) is 0 Å². The topological polar surface area (TPSA) is 55.4 Å². The van der Waals surface area contributed by atoms with E-state index in [0.717, 1.165) is 6.42 Å². The Morgan fingerprint density at radius 2 is 1.95 bits per heavy atom. The molecule has 0 aliphatic carbocycles. The second-order valence-corrected chi connectivity index (χ2v) is 4.44. The molecule has 0 aliphatic heterocycles. The summed E-state index contributed by atoms with van der Waals surface area (Å²) in [6.45, 7) is 5.67. The lowest BCUT2D eigenvalue weighted by Gasteiger charge is -2.13. The lowest BCUT2D eigenvalue weighted by molar-refractivity contribution is -0.123. The molecule has 19 heavy (non-hydrogen) atoms. The highest BCUT2D eigenvalue weighted by molar-refractivity contribution is 5.98. The van der Waals surface area contributed by atoms with Crippen LogP contribution >= 0.6 is 0 Å². The zero-order valence-corrected chi connectivity index (χ0v) is 11.7. The Kier molecular flexibility index (Phi) is 6.06. The van der Waals surface area contributed by atoms with Crippen molar-refractivity contribution in [1.29, 1.82) is 0 Å². The minimum atomic E-state index is -0.173. The minimum absolute atomic E-state index is 0.0120. The number of hydrogen-bond donors (Lipinski definition) is 1. The minimum Gasteiger partial charge on any atom is -0.483 e. The van der Waals surface area contributed by atoms with Gasteiger partial charge < -0.3 is 10.1 Å². The van der Waals surface area contributed by atoms with Crippen molar-refractivity contribution in [3.05, 3.63) is 29.8 Å². The lowest BCUT2D eigenvalue weighted by Crippen LogP contribution is -2.35. The monoisotopic (exact) mass is 263 g/mol. The number of rotatable bonds is 7. The van der Waals surface area contributed by atoms with Gasteiger partial charge in [-0.1, -0.05) is 26.0 Å². The smallest absolute Gasteiger partial charge is 0.258 e. The molecule has 1 rings (SSSR count). The number of para-hydroxylation sites is 1. The molecule has 0 aromatic heterocycles. The first-order chi connectivity index (χ1) is 9.08. The molecular formula is C15H21NO3. The van der Waals surface area contributed by atoms with Gasteiger partial charge in [0.05, 0.1) is 5.56 Å². The first-order valence-electron chi connectivity index (χ1n) is 6.62. The van der Waals surface area contributed by atoms with E-state index in [1.165, 1.54) is 0 Å². The predicted octanol–water partition coefficient (Wildman–Crippen LogP) is 2.57. The first-order valence-corrected chi connectivity index (χ1v) is 6.62. The summed E-state index contributed by atoms with van der Waals surface area (Å²) >= 11 is 0. The SMILES string of the molecule is CCC(=O)c1ccccc1OCC(=O)NC(C)CC. The summed E-state index contributed by atoms with van der Waals surface area (Å²) < 4.78 is 5.43. The van der Waals surface area contributed by atoms with Crippen LogP contribution in [0.5, 0.6) is 5.75 Å². The van der Waals surface area contributed by atoms with Gasteiger partial charge in [0.15, 0.2) is 12.4 Å². The summed E-state index contributed by atoms with van der Waals surface area (Å²) in [5.41, 5.74) is 0.529. The van der Waals surface area contributed by atoms with Gasteiger partial charge in [-0.25, -0.2) is 0 Å². The van der Waals surface area contributed by atoms with Crippen LogP contribution in [0.4, 0.5) is 0 Å². The molecule has 1 unspecified atom stereocenters. The zero-order chi connectivity index (χ0) is 14.3. The van der Waals surface area contributed by atoms with E-state index in [4.69, 9.17) is 4.74 Å². The fourth-order valence-corrected chi connectivity index (χ4v) is 1.58. The van der Waals surface area contributed by atoms with E-state index in [-0.39, 0.29) is 24.3 Å². The maximum absolute atomic E-state index is 11.7. The molecule has 0 radical (unpaired) electrons. The third kappa shape index (κ3) is 4.73. The number of carbonyl (C=O) groups is 2. The van der Waals surface area contributed by atoms with Gasteiger partial charge in [0.25, 0.3) is 5.91 Å². The summed E-state index contributed by atoms with van der Waals surface area (Å²) in [5, 5.41) is 2.81. The van der Waals surface area contributed by atoms with Crippen LogP contribution in [0.2, 0.25) is 0 Å². The van der Waals surface area contributed by atoms with E-state index in [9.17, 15) is 9.59 Å². The average Bonchev–Trinajstić information content (AvgIpc) is 2.44. The molecule has 0 heterocycles. The molecule has 0 saturated heterocycles. The number of hydrogen-bond acceptors (Lipinski definition) is 3. The van der Waals surface area contributed by atoms with Gasteiger partial charge in [-0.3, -0.25) is 9.59 Å². The van der Waals surface area contributed by atoms with Crippen molar-refractivity contribution in [1.82, 2.24) is 5.32 Å². The second kappa shape index (κ2) is 7.56. The van der Waals surface area contributed by atoms with Crippen molar-refractivity contribution in [2.24, 2.45) is 0 Å². The fourth-order valence-electron chi connectivity index (χ4n) is 1.58. The number of ketones is 1. The van der Waals surface area contributed by atoms with E-state index < -0.39 is 0 Å². The molecule has 1 atom stereocenters. The van der Waals surface area contributed by atoms with Gasteiger partial charge in [-0.2, -0.15) is 0 Å². The van der Waals surface area contributed by atoms with E-state index in [2.05, 4.69) is 5.32 Å². The third-order valence-corrected chi connectivity index (χ3v) is 2.89. The van der Waals surface area contributed by atoms with E-state index in [1.807, 2.05) is 13.8 Å². The highest BCUT2D eigenvalue weighted by Gasteiger charge is 2.12.